The standard InChI is InChI=1S/C17H15BrClNO2/c1-11-14(19)4-3-5-15(11)20-17(21)9-7-12-6-8-16(22-2)13(18)10-12/h3-10H,1-2H3,(H,20,21). The Morgan fingerprint density at radius 3 is 2.77 bits per heavy atom. The van der Waals surface area contributed by atoms with Gasteiger partial charge >= 0.3 is 0 Å². The van der Waals surface area contributed by atoms with E-state index >= 15 is 0 Å². The van der Waals surface area contributed by atoms with Gasteiger partial charge in [0.15, 0.2) is 0 Å². The van der Waals surface area contributed by atoms with Gasteiger partial charge in [-0.1, -0.05) is 23.7 Å². The molecule has 0 saturated heterocycles. The van der Waals surface area contributed by atoms with Crippen molar-refractivity contribution in [2.24, 2.45) is 0 Å². The van der Waals surface area contributed by atoms with Crippen molar-refractivity contribution in [3.8, 4) is 5.75 Å². The Morgan fingerprint density at radius 2 is 2.09 bits per heavy atom. The molecule has 0 heterocycles. The number of ether oxygens (including phenoxy) is 1. The Morgan fingerprint density at radius 1 is 1.32 bits per heavy atom. The van der Waals surface area contributed by atoms with Crippen molar-refractivity contribution in [3.63, 3.8) is 0 Å². The summed E-state index contributed by atoms with van der Waals surface area (Å²) in [7, 11) is 1.61. The summed E-state index contributed by atoms with van der Waals surface area (Å²) in [6, 6.07) is 11.0. The maximum Gasteiger partial charge on any atom is 0.248 e. The first kappa shape index (κ1) is 16.6. The van der Waals surface area contributed by atoms with Crippen LogP contribution in [-0.2, 0) is 4.79 Å². The number of methoxy groups -OCH3 is 1. The summed E-state index contributed by atoms with van der Waals surface area (Å²) < 4.78 is 6.00. The zero-order valence-corrected chi connectivity index (χ0v) is 14.5. The molecule has 1 N–H and O–H groups in total. The van der Waals surface area contributed by atoms with Crippen molar-refractivity contribution in [1.29, 1.82) is 0 Å². The summed E-state index contributed by atoms with van der Waals surface area (Å²) in [5.74, 6) is 0.536. The molecule has 3 nitrogen and oxygen atoms in total. The topological polar surface area (TPSA) is 38.3 Å². The Labute approximate surface area is 143 Å². The number of rotatable bonds is 4. The Kier molecular flexibility index (Phi) is 5.63. The van der Waals surface area contributed by atoms with E-state index in [-0.39, 0.29) is 5.91 Å². The molecule has 0 radical (unpaired) electrons. The van der Waals surface area contributed by atoms with Crippen LogP contribution >= 0.6 is 27.5 Å². The lowest BCUT2D eigenvalue weighted by Crippen LogP contribution is -2.08. The molecule has 2 rings (SSSR count). The Hall–Kier alpha value is -1.78. The fourth-order valence-electron chi connectivity index (χ4n) is 1.88. The zero-order valence-electron chi connectivity index (χ0n) is 12.2. The van der Waals surface area contributed by atoms with Crippen LogP contribution in [0.1, 0.15) is 11.1 Å². The van der Waals surface area contributed by atoms with Gasteiger partial charge in [0, 0.05) is 16.8 Å². The SMILES string of the molecule is COc1ccc(C=CC(=O)Nc2cccc(Cl)c2C)cc1Br. The highest BCUT2D eigenvalue weighted by atomic mass is 79.9. The average Bonchev–Trinajstić information content (AvgIpc) is 2.50. The zero-order chi connectivity index (χ0) is 16.1. The van der Waals surface area contributed by atoms with Gasteiger partial charge in [-0.05, 0) is 64.3 Å². The number of hydrogen-bond donors (Lipinski definition) is 1. The second-order valence-electron chi connectivity index (χ2n) is 4.63. The monoisotopic (exact) mass is 379 g/mol. The van der Waals surface area contributed by atoms with Crippen LogP contribution in [-0.4, -0.2) is 13.0 Å². The fraction of sp³-hybridized carbons (Fsp3) is 0.118. The van der Waals surface area contributed by atoms with E-state index in [0.717, 1.165) is 21.3 Å². The minimum atomic E-state index is -0.211. The van der Waals surface area contributed by atoms with Crippen molar-refractivity contribution in [3.05, 3.63) is 63.1 Å². The van der Waals surface area contributed by atoms with Crippen LogP contribution in [0.3, 0.4) is 0 Å². The summed E-state index contributed by atoms with van der Waals surface area (Å²) in [5, 5.41) is 3.44. The highest BCUT2D eigenvalue weighted by molar-refractivity contribution is 9.10. The van der Waals surface area contributed by atoms with Crippen LogP contribution in [0.2, 0.25) is 5.02 Å². The van der Waals surface area contributed by atoms with Crippen LogP contribution in [0.25, 0.3) is 6.08 Å². The van der Waals surface area contributed by atoms with Gasteiger partial charge in [-0.15, -0.1) is 0 Å². The lowest BCUT2D eigenvalue weighted by atomic mass is 10.2. The molecule has 0 aliphatic rings. The van der Waals surface area contributed by atoms with E-state index in [0.29, 0.717) is 10.7 Å². The van der Waals surface area contributed by atoms with Gasteiger partial charge < -0.3 is 10.1 Å². The van der Waals surface area contributed by atoms with Crippen LogP contribution in [0.5, 0.6) is 5.75 Å². The highest BCUT2D eigenvalue weighted by Gasteiger charge is 2.04. The third-order valence-electron chi connectivity index (χ3n) is 3.13. The molecule has 2 aromatic rings. The summed E-state index contributed by atoms with van der Waals surface area (Å²) in [6.07, 6.45) is 3.22. The summed E-state index contributed by atoms with van der Waals surface area (Å²) in [4.78, 5) is 12.0. The fourth-order valence-corrected chi connectivity index (χ4v) is 2.61. The summed E-state index contributed by atoms with van der Waals surface area (Å²) >= 11 is 9.44. The maximum absolute atomic E-state index is 12.0. The van der Waals surface area contributed by atoms with Crippen molar-refractivity contribution in [1.82, 2.24) is 0 Å². The number of benzene rings is 2. The van der Waals surface area contributed by atoms with Crippen molar-refractivity contribution < 1.29 is 9.53 Å². The lowest BCUT2D eigenvalue weighted by Gasteiger charge is -2.07. The van der Waals surface area contributed by atoms with Gasteiger partial charge in [-0.2, -0.15) is 0 Å². The van der Waals surface area contributed by atoms with E-state index in [1.807, 2.05) is 31.2 Å². The van der Waals surface area contributed by atoms with Gasteiger partial charge in [0.05, 0.1) is 11.6 Å². The van der Waals surface area contributed by atoms with Gasteiger partial charge in [0.2, 0.25) is 5.91 Å². The molecule has 0 spiro atoms. The molecule has 0 aliphatic carbocycles. The second kappa shape index (κ2) is 7.47. The highest BCUT2D eigenvalue weighted by Crippen LogP contribution is 2.26. The van der Waals surface area contributed by atoms with Crippen molar-refractivity contribution >= 4 is 45.2 Å². The molecule has 0 aliphatic heterocycles. The molecule has 0 fully saturated rings. The largest absolute Gasteiger partial charge is 0.496 e. The van der Waals surface area contributed by atoms with Crippen molar-refractivity contribution in [2.45, 2.75) is 6.92 Å². The van der Waals surface area contributed by atoms with Crippen molar-refractivity contribution in [2.75, 3.05) is 12.4 Å². The van der Waals surface area contributed by atoms with E-state index in [9.17, 15) is 4.79 Å². The second-order valence-corrected chi connectivity index (χ2v) is 5.89. The van der Waals surface area contributed by atoms with Gasteiger partial charge in [0.25, 0.3) is 0 Å². The number of halogens is 2. The first-order valence-electron chi connectivity index (χ1n) is 6.59. The number of hydrogen-bond acceptors (Lipinski definition) is 2. The number of amides is 1. The maximum atomic E-state index is 12.0. The minimum Gasteiger partial charge on any atom is -0.496 e. The van der Waals surface area contributed by atoms with E-state index in [4.69, 9.17) is 16.3 Å². The normalized spacial score (nSPS) is 10.7. The summed E-state index contributed by atoms with van der Waals surface area (Å²) in [5.41, 5.74) is 2.45. The molecule has 0 saturated carbocycles. The van der Waals surface area contributed by atoms with E-state index in [2.05, 4.69) is 21.2 Å². The van der Waals surface area contributed by atoms with E-state index in [1.165, 1.54) is 6.08 Å². The molecule has 114 valence electrons. The number of nitrogens with one attached hydrogen (secondary N) is 1. The third kappa shape index (κ3) is 4.12. The van der Waals surface area contributed by atoms with E-state index < -0.39 is 0 Å². The first-order valence-corrected chi connectivity index (χ1v) is 7.76. The predicted molar refractivity (Wildman–Crippen MR) is 94.5 cm³/mol. The molecule has 0 unspecified atom stereocenters. The first-order chi connectivity index (χ1) is 10.5. The third-order valence-corrected chi connectivity index (χ3v) is 4.16. The van der Waals surface area contributed by atoms with Crippen LogP contribution in [0.15, 0.2) is 46.9 Å². The quantitative estimate of drug-likeness (QED) is 0.752. The Bertz CT molecular complexity index is 729. The summed E-state index contributed by atoms with van der Waals surface area (Å²) in [6.45, 7) is 1.86. The van der Waals surface area contributed by atoms with Crippen LogP contribution < -0.4 is 10.1 Å². The van der Waals surface area contributed by atoms with Crippen LogP contribution in [0, 0.1) is 6.92 Å². The number of carbonyl (C=O) groups excluding carboxylic acids is 1. The Balaban J connectivity index is 2.08. The van der Waals surface area contributed by atoms with Gasteiger partial charge in [0.1, 0.15) is 5.75 Å². The molecule has 5 heteroatoms. The molecule has 0 aromatic heterocycles. The molecule has 2 aromatic carbocycles. The van der Waals surface area contributed by atoms with Crippen LogP contribution in [0.4, 0.5) is 5.69 Å². The smallest absolute Gasteiger partial charge is 0.248 e. The predicted octanol–water partition coefficient (Wildman–Crippen LogP) is 5.07. The number of anilines is 1. The lowest BCUT2D eigenvalue weighted by molar-refractivity contribution is -0.111. The molecule has 1 amide bonds. The van der Waals surface area contributed by atoms with E-state index in [1.54, 1.807) is 25.3 Å². The average molecular weight is 381 g/mol. The molecule has 22 heavy (non-hydrogen) atoms. The molecular weight excluding hydrogens is 366 g/mol. The molecule has 0 atom stereocenters. The minimum absolute atomic E-state index is 0.211. The molecule has 0 bridgehead atoms. The van der Waals surface area contributed by atoms with Gasteiger partial charge in [-0.25, -0.2) is 0 Å². The molecular formula is C17H15BrClNO2. The number of carbonyl (C=O) groups is 1. The van der Waals surface area contributed by atoms with Gasteiger partial charge in [-0.3, -0.25) is 4.79 Å².